The van der Waals surface area contributed by atoms with Crippen molar-refractivity contribution >= 4 is 17.4 Å². The Balaban J connectivity index is 2.69. The van der Waals surface area contributed by atoms with Crippen molar-refractivity contribution in [1.29, 1.82) is 0 Å². The van der Waals surface area contributed by atoms with Crippen LogP contribution in [0.5, 0.6) is 0 Å². The number of halogens is 1. The van der Waals surface area contributed by atoms with Crippen molar-refractivity contribution in [2.45, 2.75) is 52.5 Å². The molecule has 1 atom stereocenters. The summed E-state index contributed by atoms with van der Waals surface area (Å²) in [7, 11) is 0. The van der Waals surface area contributed by atoms with E-state index in [4.69, 9.17) is 11.6 Å². The van der Waals surface area contributed by atoms with E-state index in [1.807, 2.05) is 0 Å². The van der Waals surface area contributed by atoms with Crippen molar-refractivity contribution < 1.29 is 0 Å². The van der Waals surface area contributed by atoms with E-state index >= 15 is 0 Å². The molecule has 90 valence electrons. The molecule has 0 radical (unpaired) electrons. The highest BCUT2D eigenvalue weighted by Gasteiger charge is 2.10. The highest BCUT2D eigenvalue weighted by atomic mass is 35.5. The van der Waals surface area contributed by atoms with Crippen LogP contribution >= 0.6 is 11.6 Å². The molecule has 3 nitrogen and oxygen atoms in total. The standard InChI is InChI=1S/C12H20ClN3/c1-4-6-7-9(3)16-12-10(5-2)11(13)14-8-15-12/h8-9H,4-7H2,1-3H3,(H,14,15,16). The third-order valence-corrected chi connectivity index (χ3v) is 2.95. The molecule has 0 spiro atoms. The van der Waals surface area contributed by atoms with Crippen molar-refractivity contribution in [2.75, 3.05) is 5.32 Å². The van der Waals surface area contributed by atoms with Crippen molar-refractivity contribution in [3.63, 3.8) is 0 Å². The Morgan fingerprint density at radius 1 is 1.38 bits per heavy atom. The summed E-state index contributed by atoms with van der Waals surface area (Å²) in [5.74, 6) is 0.881. The second-order valence-corrected chi connectivity index (χ2v) is 4.39. The fraction of sp³-hybridized carbons (Fsp3) is 0.667. The van der Waals surface area contributed by atoms with Gasteiger partial charge in [-0.05, 0) is 19.8 Å². The maximum Gasteiger partial charge on any atom is 0.137 e. The van der Waals surface area contributed by atoms with Gasteiger partial charge in [-0.3, -0.25) is 0 Å². The van der Waals surface area contributed by atoms with Gasteiger partial charge in [0.15, 0.2) is 0 Å². The number of rotatable bonds is 6. The number of hydrogen-bond acceptors (Lipinski definition) is 3. The van der Waals surface area contributed by atoms with Gasteiger partial charge in [0.25, 0.3) is 0 Å². The first-order valence-corrected chi connectivity index (χ1v) is 6.32. The number of anilines is 1. The predicted octanol–water partition coefficient (Wildman–Crippen LogP) is 3.68. The molecule has 1 rings (SSSR count). The van der Waals surface area contributed by atoms with Crippen LogP contribution in [0.25, 0.3) is 0 Å². The van der Waals surface area contributed by atoms with Crippen molar-refractivity contribution in [3.8, 4) is 0 Å². The third-order valence-electron chi connectivity index (χ3n) is 2.62. The van der Waals surface area contributed by atoms with Crippen LogP contribution in [0.3, 0.4) is 0 Å². The molecule has 1 unspecified atom stereocenters. The fourth-order valence-corrected chi connectivity index (χ4v) is 1.91. The van der Waals surface area contributed by atoms with E-state index < -0.39 is 0 Å². The van der Waals surface area contributed by atoms with E-state index in [1.165, 1.54) is 19.2 Å². The van der Waals surface area contributed by atoms with Crippen LogP contribution in [-0.4, -0.2) is 16.0 Å². The smallest absolute Gasteiger partial charge is 0.137 e. The SMILES string of the molecule is CCCCC(C)Nc1ncnc(Cl)c1CC. The average Bonchev–Trinajstić information content (AvgIpc) is 2.27. The Hall–Kier alpha value is -0.830. The first-order valence-electron chi connectivity index (χ1n) is 5.94. The van der Waals surface area contributed by atoms with Gasteiger partial charge < -0.3 is 5.32 Å². The maximum atomic E-state index is 6.03. The first kappa shape index (κ1) is 13.2. The fourth-order valence-electron chi connectivity index (χ4n) is 1.64. The summed E-state index contributed by atoms with van der Waals surface area (Å²) in [6.45, 7) is 6.43. The van der Waals surface area contributed by atoms with E-state index in [-0.39, 0.29) is 0 Å². The molecule has 0 amide bonds. The number of nitrogens with zero attached hydrogens (tertiary/aromatic N) is 2. The topological polar surface area (TPSA) is 37.8 Å². The monoisotopic (exact) mass is 241 g/mol. The second-order valence-electron chi connectivity index (χ2n) is 4.03. The van der Waals surface area contributed by atoms with Crippen LogP contribution in [-0.2, 0) is 6.42 Å². The minimum atomic E-state index is 0.427. The van der Waals surface area contributed by atoms with E-state index in [9.17, 15) is 0 Å². The number of unbranched alkanes of at least 4 members (excludes halogenated alkanes) is 1. The van der Waals surface area contributed by atoms with Crippen molar-refractivity contribution in [1.82, 2.24) is 9.97 Å². The van der Waals surface area contributed by atoms with E-state index in [1.54, 1.807) is 0 Å². The van der Waals surface area contributed by atoms with Gasteiger partial charge in [-0.15, -0.1) is 0 Å². The molecule has 0 aliphatic rings. The molecule has 1 N–H and O–H groups in total. The largest absolute Gasteiger partial charge is 0.367 e. The average molecular weight is 242 g/mol. The molecule has 0 aliphatic carbocycles. The normalized spacial score (nSPS) is 12.5. The molecular weight excluding hydrogens is 222 g/mol. The van der Waals surface area contributed by atoms with Gasteiger partial charge in [0, 0.05) is 11.6 Å². The Kier molecular flexibility index (Phi) is 5.53. The number of hydrogen-bond donors (Lipinski definition) is 1. The molecule has 1 aromatic rings. The van der Waals surface area contributed by atoms with Crippen LogP contribution < -0.4 is 5.32 Å². The molecule has 1 aromatic heterocycles. The van der Waals surface area contributed by atoms with Crippen LogP contribution in [0.1, 0.15) is 45.6 Å². The molecule has 0 fully saturated rings. The van der Waals surface area contributed by atoms with Crippen LogP contribution in [0.4, 0.5) is 5.82 Å². The molecule has 0 bridgehead atoms. The van der Waals surface area contributed by atoms with Gasteiger partial charge >= 0.3 is 0 Å². The van der Waals surface area contributed by atoms with Gasteiger partial charge in [-0.25, -0.2) is 9.97 Å². The Bertz CT molecular complexity index is 328. The summed E-state index contributed by atoms with van der Waals surface area (Å²) in [5.41, 5.74) is 1.01. The summed E-state index contributed by atoms with van der Waals surface area (Å²) in [5, 5.41) is 3.96. The van der Waals surface area contributed by atoms with Crippen molar-refractivity contribution in [3.05, 3.63) is 17.0 Å². The van der Waals surface area contributed by atoms with Gasteiger partial charge in [-0.2, -0.15) is 0 Å². The summed E-state index contributed by atoms with van der Waals surface area (Å²) in [4.78, 5) is 8.25. The quantitative estimate of drug-likeness (QED) is 0.772. The van der Waals surface area contributed by atoms with Crippen molar-refractivity contribution in [2.24, 2.45) is 0 Å². The van der Waals surface area contributed by atoms with Crippen LogP contribution in [0.2, 0.25) is 5.15 Å². The van der Waals surface area contributed by atoms with E-state index in [2.05, 4.69) is 36.1 Å². The van der Waals surface area contributed by atoms with Gasteiger partial charge in [0.1, 0.15) is 17.3 Å². The lowest BCUT2D eigenvalue weighted by molar-refractivity contribution is 0.642. The number of aromatic nitrogens is 2. The minimum absolute atomic E-state index is 0.427. The molecule has 16 heavy (non-hydrogen) atoms. The zero-order valence-corrected chi connectivity index (χ0v) is 11.0. The zero-order chi connectivity index (χ0) is 12.0. The molecule has 0 aliphatic heterocycles. The third kappa shape index (κ3) is 3.63. The zero-order valence-electron chi connectivity index (χ0n) is 10.3. The number of nitrogens with one attached hydrogen (secondary N) is 1. The van der Waals surface area contributed by atoms with Gasteiger partial charge in [0.2, 0.25) is 0 Å². The Morgan fingerprint density at radius 3 is 2.75 bits per heavy atom. The minimum Gasteiger partial charge on any atom is -0.367 e. The van der Waals surface area contributed by atoms with Crippen LogP contribution in [0, 0.1) is 0 Å². The summed E-state index contributed by atoms with van der Waals surface area (Å²) in [6.07, 6.45) is 5.96. The lowest BCUT2D eigenvalue weighted by atomic mass is 10.1. The summed E-state index contributed by atoms with van der Waals surface area (Å²) in [6, 6.07) is 0.427. The van der Waals surface area contributed by atoms with Crippen LogP contribution in [0.15, 0.2) is 6.33 Å². The summed E-state index contributed by atoms with van der Waals surface area (Å²) >= 11 is 6.03. The Morgan fingerprint density at radius 2 is 2.12 bits per heavy atom. The lowest BCUT2D eigenvalue weighted by Crippen LogP contribution is -2.17. The van der Waals surface area contributed by atoms with E-state index in [0.717, 1.165) is 24.2 Å². The highest BCUT2D eigenvalue weighted by molar-refractivity contribution is 6.30. The predicted molar refractivity (Wildman–Crippen MR) is 69.0 cm³/mol. The Labute approximate surface area is 103 Å². The summed E-state index contributed by atoms with van der Waals surface area (Å²) < 4.78 is 0. The lowest BCUT2D eigenvalue weighted by Gasteiger charge is -2.16. The molecule has 0 aromatic carbocycles. The van der Waals surface area contributed by atoms with Gasteiger partial charge in [0.05, 0.1) is 0 Å². The van der Waals surface area contributed by atoms with E-state index in [0.29, 0.717) is 11.2 Å². The first-order chi connectivity index (χ1) is 7.69. The molecular formula is C12H20ClN3. The van der Waals surface area contributed by atoms with Gasteiger partial charge in [-0.1, -0.05) is 38.3 Å². The molecule has 4 heteroatoms. The molecule has 0 saturated carbocycles. The molecule has 0 saturated heterocycles. The highest BCUT2D eigenvalue weighted by Crippen LogP contribution is 2.21. The molecule has 1 heterocycles. The maximum absolute atomic E-state index is 6.03. The second kappa shape index (κ2) is 6.69.